The van der Waals surface area contributed by atoms with Crippen LogP contribution in [0.5, 0.6) is 0 Å². The zero-order valence-electron chi connectivity index (χ0n) is 9.63. The molecule has 2 rings (SSSR count). The van der Waals surface area contributed by atoms with Gasteiger partial charge >= 0.3 is 0 Å². The maximum absolute atomic E-state index is 9.59. The van der Waals surface area contributed by atoms with Gasteiger partial charge in [-0.25, -0.2) is 0 Å². The molecule has 2 aliphatic carbocycles. The lowest BCUT2D eigenvalue weighted by Gasteiger charge is -2.32. The monoisotopic (exact) mass is 196 g/mol. The molecule has 0 bridgehead atoms. The first kappa shape index (κ1) is 10.5. The molecule has 2 saturated carbocycles. The fraction of sp³-hybridized carbons (Fsp3) is 1.00. The Morgan fingerprint density at radius 3 is 2.21 bits per heavy atom. The van der Waals surface area contributed by atoms with Crippen LogP contribution in [0.25, 0.3) is 0 Å². The van der Waals surface area contributed by atoms with Crippen molar-refractivity contribution in [1.29, 1.82) is 0 Å². The van der Waals surface area contributed by atoms with E-state index < -0.39 is 0 Å². The van der Waals surface area contributed by atoms with Crippen molar-refractivity contribution >= 4 is 0 Å². The molecule has 0 saturated heterocycles. The molecule has 0 aromatic carbocycles. The molecule has 0 aromatic rings. The van der Waals surface area contributed by atoms with E-state index in [0.29, 0.717) is 12.0 Å². The second kappa shape index (κ2) is 3.84. The molecule has 0 radical (unpaired) electrons. The average molecular weight is 196 g/mol. The molecular weight excluding hydrogens is 172 g/mol. The van der Waals surface area contributed by atoms with E-state index in [1.807, 2.05) is 0 Å². The minimum Gasteiger partial charge on any atom is -0.396 e. The van der Waals surface area contributed by atoms with Crippen LogP contribution in [0, 0.1) is 23.2 Å². The van der Waals surface area contributed by atoms with Gasteiger partial charge in [0.25, 0.3) is 0 Å². The molecule has 2 unspecified atom stereocenters. The van der Waals surface area contributed by atoms with Gasteiger partial charge < -0.3 is 5.11 Å². The van der Waals surface area contributed by atoms with E-state index in [9.17, 15) is 5.11 Å². The minimum atomic E-state index is 0.338. The van der Waals surface area contributed by atoms with E-state index in [4.69, 9.17) is 0 Å². The van der Waals surface area contributed by atoms with Crippen LogP contribution in [0.3, 0.4) is 0 Å². The lowest BCUT2D eigenvalue weighted by atomic mass is 9.75. The van der Waals surface area contributed by atoms with Gasteiger partial charge in [0.2, 0.25) is 0 Å². The SMILES string of the molecule is CCC(CC)CC1(CO)CC2CC2C1. The Kier molecular flexibility index (Phi) is 2.88. The highest BCUT2D eigenvalue weighted by atomic mass is 16.3. The van der Waals surface area contributed by atoms with Gasteiger partial charge in [-0.15, -0.1) is 0 Å². The van der Waals surface area contributed by atoms with Crippen LogP contribution in [0.4, 0.5) is 0 Å². The summed E-state index contributed by atoms with van der Waals surface area (Å²) in [6.07, 6.45) is 7.96. The summed E-state index contributed by atoms with van der Waals surface area (Å²) >= 11 is 0. The second-order valence-corrected chi connectivity index (χ2v) is 5.71. The first-order chi connectivity index (χ1) is 6.73. The first-order valence-corrected chi connectivity index (χ1v) is 6.34. The quantitative estimate of drug-likeness (QED) is 0.716. The fourth-order valence-electron chi connectivity index (χ4n) is 3.56. The van der Waals surface area contributed by atoms with Crippen molar-refractivity contribution < 1.29 is 5.11 Å². The van der Waals surface area contributed by atoms with E-state index in [2.05, 4.69) is 13.8 Å². The molecule has 82 valence electrons. The van der Waals surface area contributed by atoms with Gasteiger partial charge in [-0.05, 0) is 48.9 Å². The van der Waals surface area contributed by atoms with Crippen molar-refractivity contribution in [2.75, 3.05) is 6.61 Å². The maximum atomic E-state index is 9.59. The van der Waals surface area contributed by atoms with Gasteiger partial charge in [-0.3, -0.25) is 0 Å². The molecule has 14 heavy (non-hydrogen) atoms. The third-order valence-corrected chi connectivity index (χ3v) is 4.67. The zero-order chi connectivity index (χ0) is 10.2. The highest BCUT2D eigenvalue weighted by Crippen LogP contribution is 2.61. The predicted molar refractivity (Wildman–Crippen MR) is 59.0 cm³/mol. The third-order valence-electron chi connectivity index (χ3n) is 4.67. The molecule has 0 aliphatic heterocycles. The Balaban J connectivity index is 1.92. The number of rotatable bonds is 5. The molecule has 2 aliphatic rings. The van der Waals surface area contributed by atoms with Gasteiger partial charge in [0, 0.05) is 6.61 Å². The Morgan fingerprint density at radius 1 is 1.21 bits per heavy atom. The Bertz CT molecular complexity index is 185. The summed E-state index contributed by atoms with van der Waals surface area (Å²) in [7, 11) is 0. The summed E-state index contributed by atoms with van der Waals surface area (Å²) in [4.78, 5) is 0. The molecule has 2 atom stereocenters. The smallest absolute Gasteiger partial charge is 0.0487 e. The molecule has 0 aromatic heterocycles. The summed E-state index contributed by atoms with van der Waals surface area (Å²) in [6, 6.07) is 0. The van der Waals surface area contributed by atoms with Crippen LogP contribution >= 0.6 is 0 Å². The normalized spacial score (nSPS) is 40.3. The number of hydrogen-bond donors (Lipinski definition) is 1. The number of fused-ring (bicyclic) bond motifs is 1. The summed E-state index contributed by atoms with van der Waals surface area (Å²) in [5.41, 5.74) is 0.338. The van der Waals surface area contributed by atoms with Crippen molar-refractivity contribution in [3.63, 3.8) is 0 Å². The van der Waals surface area contributed by atoms with Crippen LogP contribution in [0.15, 0.2) is 0 Å². The third kappa shape index (κ3) is 1.84. The zero-order valence-corrected chi connectivity index (χ0v) is 9.63. The van der Waals surface area contributed by atoms with Crippen molar-refractivity contribution in [2.24, 2.45) is 23.2 Å². The lowest BCUT2D eigenvalue weighted by molar-refractivity contribution is 0.0864. The van der Waals surface area contributed by atoms with Gasteiger partial charge in [-0.2, -0.15) is 0 Å². The first-order valence-electron chi connectivity index (χ1n) is 6.34. The standard InChI is InChI=1S/C13H24O/c1-3-10(4-2)6-13(9-14)7-11-5-12(11)8-13/h10-12,14H,3-9H2,1-2H3. The van der Waals surface area contributed by atoms with E-state index in [0.717, 1.165) is 17.8 Å². The highest BCUT2D eigenvalue weighted by Gasteiger charge is 2.53. The summed E-state index contributed by atoms with van der Waals surface area (Å²) in [5, 5.41) is 9.59. The maximum Gasteiger partial charge on any atom is 0.0487 e. The van der Waals surface area contributed by atoms with Crippen LogP contribution in [0.1, 0.15) is 52.4 Å². The molecule has 0 heterocycles. The summed E-state index contributed by atoms with van der Waals surface area (Å²) in [5.74, 6) is 2.84. The van der Waals surface area contributed by atoms with Gasteiger partial charge in [-0.1, -0.05) is 26.7 Å². The fourth-order valence-corrected chi connectivity index (χ4v) is 3.56. The largest absolute Gasteiger partial charge is 0.396 e. The van der Waals surface area contributed by atoms with E-state index in [1.165, 1.54) is 38.5 Å². The summed E-state index contributed by atoms with van der Waals surface area (Å²) in [6.45, 7) is 5.01. The highest BCUT2D eigenvalue weighted by molar-refractivity contribution is 5.03. The Hall–Kier alpha value is -0.0400. The molecule has 0 spiro atoms. The van der Waals surface area contributed by atoms with Gasteiger partial charge in [0.15, 0.2) is 0 Å². The van der Waals surface area contributed by atoms with E-state index in [-0.39, 0.29) is 0 Å². The van der Waals surface area contributed by atoms with Gasteiger partial charge in [0.05, 0.1) is 0 Å². The molecule has 0 amide bonds. The topological polar surface area (TPSA) is 20.2 Å². The Labute approximate surface area is 87.9 Å². The average Bonchev–Trinajstić information content (AvgIpc) is 2.84. The van der Waals surface area contributed by atoms with Crippen molar-refractivity contribution in [3.05, 3.63) is 0 Å². The van der Waals surface area contributed by atoms with Crippen molar-refractivity contribution in [3.8, 4) is 0 Å². The van der Waals surface area contributed by atoms with Crippen LogP contribution in [0.2, 0.25) is 0 Å². The molecule has 1 nitrogen and oxygen atoms in total. The number of aliphatic hydroxyl groups is 1. The number of hydrogen-bond acceptors (Lipinski definition) is 1. The van der Waals surface area contributed by atoms with Crippen LogP contribution in [-0.4, -0.2) is 11.7 Å². The number of aliphatic hydroxyl groups excluding tert-OH is 1. The van der Waals surface area contributed by atoms with Crippen LogP contribution < -0.4 is 0 Å². The van der Waals surface area contributed by atoms with Crippen LogP contribution in [-0.2, 0) is 0 Å². The molecule has 1 heteroatoms. The predicted octanol–water partition coefficient (Wildman–Crippen LogP) is 3.22. The van der Waals surface area contributed by atoms with Crippen molar-refractivity contribution in [2.45, 2.75) is 52.4 Å². The molecular formula is C13H24O. The van der Waals surface area contributed by atoms with Gasteiger partial charge in [0.1, 0.15) is 0 Å². The Morgan fingerprint density at radius 2 is 1.79 bits per heavy atom. The lowest BCUT2D eigenvalue weighted by Crippen LogP contribution is -2.26. The van der Waals surface area contributed by atoms with Crippen molar-refractivity contribution in [1.82, 2.24) is 0 Å². The van der Waals surface area contributed by atoms with E-state index in [1.54, 1.807) is 0 Å². The van der Waals surface area contributed by atoms with E-state index >= 15 is 0 Å². The molecule has 1 N–H and O–H groups in total. The minimum absolute atomic E-state index is 0.338. The second-order valence-electron chi connectivity index (χ2n) is 5.71. The summed E-state index contributed by atoms with van der Waals surface area (Å²) < 4.78 is 0. The molecule has 2 fully saturated rings.